The summed E-state index contributed by atoms with van der Waals surface area (Å²) in [4.78, 5) is 17.8. The molecular weight excluding hydrogens is 325 g/mol. The number of nitrogens with one attached hydrogen (secondary N) is 1. The van der Waals surface area contributed by atoms with Gasteiger partial charge in [0.15, 0.2) is 23.3 Å². The Labute approximate surface area is 135 Å². The van der Waals surface area contributed by atoms with Crippen LogP contribution in [0.25, 0.3) is 0 Å². The number of anilines is 1. The first-order chi connectivity index (χ1) is 11.5. The van der Waals surface area contributed by atoms with Crippen LogP contribution in [0, 0.1) is 24.4 Å². The highest BCUT2D eigenvalue weighted by Crippen LogP contribution is 2.27. The fraction of sp³-hybridized carbons (Fsp3) is 0.400. The lowest BCUT2D eigenvalue weighted by Crippen LogP contribution is -2.40. The molecule has 6 nitrogen and oxygen atoms in total. The van der Waals surface area contributed by atoms with Crippen molar-refractivity contribution in [2.75, 3.05) is 18.4 Å². The molecule has 0 spiro atoms. The highest BCUT2D eigenvalue weighted by molar-refractivity contribution is 5.89. The Hall–Kier alpha value is -2.58. The number of rotatable bonds is 2. The topological polar surface area (TPSA) is 71.3 Å². The zero-order chi connectivity index (χ0) is 17.3. The molecule has 0 unspecified atom stereocenters. The summed E-state index contributed by atoms with van der Waals surface area (Å²) in [7, 11) is 0. The smallest absolute Gasteiger partial charge is 0.321 e. The van der Waals surface area contributed by atoms with Gasteiger partial charge in [0.2, 0.25) is 5.89 Å². The number of aryl methyl sites for hydroxylation is 1. The van der Waals surface area contributed by atoms with E-state index in [4.69, 9.17) is 4.52 Å². The number of amides is 2. The van der Waals surface area contributed by atoms with Gasteiger partial charge in [-0.15, -0.1) is 0 Å². The molecule has 0 aliphatic carbocycles. The van der Waals surface area contributed by atoms with E-state index in [1.165, 1.54) is 4.90 Å². The van der Waals surface area contributed by atoms with Crippen LogP contribution in [-0.4, -0.2) is 34.2 Å². The third-order valence-electron chi connectivity index (χ3n) is 3.95. The second kappa shape index (κ2) is 6.50. The van der Waals surface area contributed by atoms with Gasteiger partial charge in [-0.05, 0) is 31.9 Å². The average molecular weight is 340 g/mol. The maximum absolute atomic E-state index is 13.6. The van der Waals surface area contributed by atoms with Gasteiger partial charge in [-0.25, -0.2) is 18.0 Å². The number of likely N-dealkylation sites (tertiary alicyclic amines) is 1. The highest BCUT2D eigenvalue weighted by Gasteiger charge is 2.28. The van der Waals surface area contributed by atoms with E-state index < -0.39 is 29.2 Å². The van der Waals surface area contributed by atoms with E-state index in [2.05, 4.69) is 15.5 Å². The number of halogens is 3. The number of hydrogen-bond donors (Lipinski definition) is 1. The Morgan fingerprint density at radius 1 is 1.25 bits per heavy atom. The number of aromatic nitrogens is 2. The van der Waals surface area contributed by atoms with Crippen molar-refractivity contribution in [3.05, 3.63) is 41.3 Å². The zero-order valence-electron chi connectivity index (χ0n) is 12.9. The molecule has 1 fully saturated rings. The lowest BCUT2D eigenvalue weighted by Gasteiger charge is -2.30. The number of hydrogen-bond acceptors (Lipinski definition) is 4. The molecule has 3 rings (SSSR count). The van der Waals surface area contributed by atoms with Gasteiger partial charge >= 0.3 is 6.03 Å². The molecule has 0 bridgehead atoms. The lowest BCUT2D eigenvalue weighted by atomic mass is 9.97. The Balaban J connectivity index is 1.60. The second-order valence-electron chi connectivity index (χ2n) is 5.59. The second-order valence-corrected chi connectivity index (χ2v) is 5.59. The lowest BCUT2D eigenvalue weighted by molar-refractivity contribution is 0.187. The minimum Gasteiger partial charge on any atom is -0.339 e. The van der Waals surface area contributed by atoms with E-state index in [-0.39, 0.29) is 5.92 Å². The van der Waals surface area contributed by atoms with Crippen LogP contribution >= 0.6 is 0 Å². The Morgan fingerprint density at radius 2 is 1.96 bits per heavy atom. The summed E-state index contributed by atoms with van der Waals surface area (Å²) >= 11 is 0. The average Bonchev–Trinajstić information content (AvgIpc) is 3.02. The summed E-state index contributed by atoms with van der Waals surface area (Å²) in [6.45, 7) is 2.54. The molecule has 2 aromatic rings. The van der Waals surface area contributed by atoms with E-state index in [0.717, 1.165) is 12.1 Å². The molecule has 2 amide bonds. The number of piperidine rings is 1. The summed E-state index contributed by atoms with van der Waals surface area (Å²) in [6.07, 6.45) is 1.24. The molecule has 1 aromatic heterocycles. The predicted octanol–water partition coefficient (Wildman–Crippen LogP) is 3.21. The molecule has 0 saturated carbocycles. The van der Waals surface area contributed by atoms with Crippen LogP contribution in [0.3, 0.4) is 0 Å². The van der Waals surface area contributed by atoms with E-state index in [9.17, 15) is 18.0 Å². The largest absolute Gasteiger partial charge is 0.339 e. The summed E-state index contributed by atoms with van der Waals surface area (Å²) in [6, 6.07) is 1.18. The van der Waals surface area contributed by atoms with Crippen LogP contribution in [0.15, 0.2) is 16.7 Å². The summed E-state index contributed by atoms with van der Waals surface area (Å²) in [5.74, 6) is -3.17. The third kappa shape index (κ3) is 3.19. The number of nitrogens with zero attached hydrogens (tertiary/aromatic N) is 3. The highest BCUT2D eigenvalue weighted by atomic mass is 19.2. The van der Waals surface area contributed by atoms with Gasteiger partial charge in [0, 0.05) is 19.0 Å². The van der Waals surface area contributed by atoms with Crippen molar-refractivity contribution in [2.24, 2.45) is 0 Å². The summed E-state index contributed by atoms with van der Waals surface area (Å²) < 4.78 is 44.8. The molecule has 1 N–H and O–H groups in total. The fourth-order valence-corrected chi connectivity index (χ4v) is 2.63. The first-order valence-electron chi connectivity index (χ1n) is 7.45. The first-order valence-corrected chi connectivity index (χ1v) is 7.45. The van der Waals surface area contributed by atoms with Crippen LogP contribution < -0.4 is 5.32 Å². The van der Waals surface area contributed by atoms with Gasteiger partial charge in [-0.1, -0.05) is 5.16 Å². The molecule has 1 aliphatic rings. The number of carbonyl (C=O) groups excluding carboxylic acids is 1. The SMILES string of the molecule is Cc1noc(C2CCN(C(=O)Nc3ccc(F)c(F)c3F)CC2)n1. The van der Waals surface area contributed by atoms with Gasteiger partial charge in [0.1, 0.15) is 0 Å². The van der Waals surface area contributed by atoms with E-state index in [1.807, 2.05) is 0 Å². The molecular formula is C15H15F3N4O2. The Morgan fingerprint density at radius 3 is 2.58 bits per heavy atom. The molecule has 128 valence electrons. The maximum Gasteiger partial charge on any atom is 0.321 e. The minimum absolute atomic E-state index is 0.0650. The van der Waals surface area contributed by atoms with Crippen LogP contribution in [-0.2, 0) is 0 Å². The van der Waals surface area contributed by atoms with Crippen molar-refractivity contribution in [3.8, 4) is 0 Å². The van der Waals surface area contributed by atoms with E-state index >= 15 is 0 Å². The maximum atomic E-state index is 13.6. The number of carbonyl (C=O) groups is 1. The van der Waals surface area contributed by atoms with Crippen molar-refractivity contribution in [3.63, 3.8) is 0 Å². The molecule has 1 aliphatic heterocycles. The van der Waals surface area contributed by atoms with Crippen LogP contribution in [0.2, 0.25) is 0 Å². The molecule has 2 heterocycles. The molecule has 9 heteroatoms. The monoisotopic (exact) mass is 340 g/mol. The fourth-order valence-electron chi connectivity index (χ4n) is 2.63. The van der Waals surface area contributed by atoms with Crippen molar-refractivity contribution in [2.45, 2.75) is 25.7 Å². The predicted molar refractivity (Wildman–Crippen MR) is 77.9 cm³/mol. The van der Waals surface area contributed by atoms with Gasteiger partial charge in [-0.2, -0.15) is 4.98 Å². The normalized spacial score (nSPS) is 15.6. The van der Waals surface area contributed by atoms with Crippen LogP contribution in [0.5, 0.6) is 0 Å². The molecule has 0 radical (unpaired) electrons. The molecule has 0 atom stereocenters. The molecule has 24 heavy (non-hydrogen) atoms. The molecule has 1 aromatic carbocycles. The van der Waals surface area contributed by atoms with Gasteiger partial charge < -0.3 is 14.7 Å². The van der Waals surface area contributed by atoms with E-state index in [0.29, 0.717) is 37.6 Å². The number of urea groups is 1. The summed E-state index contributed by atoms with van der Waals surface area (Å²) in [5.41, 5.74) is -0.395. The van der Waals surface area contributed by atoms with Gasteiger partial charge in [0.25, 0.3) is 0 Å². The van der Waals surface area contributed by atoms with Crippen molar-refractivity contribution in [1.29, 1.82) is 0 Å². The minimum atomic E-state index is -1.61. The quantitative estimate of drug-likeness (QED) is 0.852. The van der Waals surface area contributed by atoms with Crippen LogP contribution in [0.4, 0.5) is 23.7 Å². The first kappa shape index (κ1) is 16.3. The molecule has 1 saturated heterocycles. The Kier molecular flexibility index (Phi) is 4.41. The van der Waals surface area contributed by atoms with Crippen LogP contribution in [0.1, 0.15) is 30.5 Å². The van der Waals surface area contributed by atoms with Crippen molar-refractivity contribution >= 4 is 11.7 Å². The van der Waals surface area contributed by atoms with Crippen molar-refractivity contribution < 1.29 is 22.5 Å². The van der Waals surface area contributed by atoms with Gasteiger partial charge in [0.05, 0.1) is 5.69 Å². The number of benzene rings is 1. The third-order valence-corrected chi connectivity index (χ3v) is 3.95. The van der Waals surface area contributed by atoms with Gasteiger partial charge in [-0.3, -0.25) is 0 Å². The Bertz CT molecular complexity index is 757. The summed E-state index contributed by atoms with van der Waals surface area (Å²) in [5, 5.41) is 6.00. The zero-order valence-corrected chi connectivity index (χ0v) is 12.9. The van der Waals surface area contributed by atoms with E-state index in [1.54, 1.807) is 6.92 Å². The standard InChI is InChI=1S/C15H15F3N4O2/c1-8-19-14(24-21-8)9-4-6-22(7-5-9)15(23)20-11-3-2-10(16)12(17)13(11)18/h2-3,9H,4-7H2,1H3,(H,20,23). The van der Waals surface area contributed by atoms with Crippen molar-refractivity contribution in [1.82, 2.24) is 15.0 Å².